The Labute approximate surface area is 94.0 Å². The Bertz CT molecular complexity index is 164. The van der Waals surface area contributed by atoms with Crippen LogP contribution in [0.5, 0.6) is 0 Å². The van der Waals surface area contributed by atoms with E-state index in [1.807, 2.05) is 0 Å². The number of rotatable bonds is 0. The van der Waals surface area contributed by atoms with Crippen LogP contribution in [0.1, 0.15) is 27.2 Å². The molecule has 0 aromatic heterocycles. The van der Waals surface area contributed by atoms with Crippen LogP contribution in [0.4, 0.5) is 0 Å². The maximum absolute atomic E-state index is 3.26. The summed E-state index contributed by atoms with van der Waals surface area (Å²) in [5.41, 5.74) is 4.19. The van der Waals surface area contributed by atoms with Crippen molar-refractivity contribution < 1.29 is 21.7 Å². The van der Waals surface area contributed by atoms with Gasteiger partial charge in [-0.15, -0.1) is 6.92 Å². The smallest absolute Gasteiger partial charge is 0.358 e. The third kappa shape index (κ3) is 5.80. The van der Waals surface area contributed by atoms with Crippen molar-refractivity contribution in [3.05, 3.63) is 45.1 Å². The summed E-state index contributed by atoms with van der Waals surface area (Å²) in [5.74, 6) is 0. The van der Waals surface area contributed by atoms with Gasteiger partial charge in [0.05, 0.1) is 0 Å². The van der Waals surface area contributed by atoms with Crippen LogP contribution in [0.2, 0.25) is 0 Å². The minimum absolute atomic E-state index is 0. The molecule has 0 spiro atoms. The maximum atomic E-state index is 3.26. The summed E-state index contributed by atoms with van der Waals surface area (Å²) in [4.78, 5) is 0. The first-order valence-corrected chi connectivity index (χ1v) is 2.96. The van der Waals surface area contributed by atoms with Crippen LogP contribution >= 0.6 is 0 Å². The van der Waals surface area contributed by atoms with Crippen molar-refractivity contribution in [2.75, 3.05) is 0 Å². The Hall–Kier alpha value is 0.194. The average molecular weight is 200 g/mol. The number of hydrogen-bond acceptors (Lipinski definition) is 0. The van der Waals surface area contributed by atoms with Gasteiger partial charge in [-0.05, 0) is 0 Å². The standard InChI is InChI=1S/C8H11.3CH3.Ti/c1-6-4-7(2)8(3)5-6;;;;/h4H2,1-3H3;3*1H3;/q4*-1;+4. The van der Waals surface area contributed by atoms with E-state index in [0.29, 0.717) is 0 Å². The van der Waals surface area contributed by atoms with Gasteiger partial charge in [-0.1, -0.05) is 20.3 Å². The molecule has 0 aliphatic heterocycles. The van der Waals surface area contributed by atoms with E-state index >= 15 is 0 Å². The molecule has 1 heteroatoms. The number of hydrogen-bond donors (Lipinski definition) is 0. The molecule has 0 heterocycles. The van der Waals surface area contributed by atoms with Crippen molar-refractivity contribution >= 4 is 0 Å². The Morgan fingerprint density at radius 2 is 1.42 bits per heavy atom. The first kappa shape index (κ1) is 22.8. The first-order valence-electron chi connectivity index (χ1n) is 2.96. The van der Waals surface area contributed by atoms with Crippen molar-refractivity contribution in [2.24, 2.45) is 0 Å². The number of allylic oxidation sites excluding steroid dienone is 4. The minimum Gasteiger partial charge on any atom is -0.358 e. The van der Waals surface area contributed by atoms with Crippen molar-refractivity contribution in [3.63, 3.8) is 0 Å². The van der Waals surface area contributed by atoms with Crippen molar-refractivity contribution in [3.8, 4) is 0 Å². The van der Waals surface area contributed by atoms with Gasteiger partial charge in [-0.3, -0.25) is 0 Å². The van der Waals surface area contributed by atoms with Gasteiger partial charge in [-0.25, -0.2) is 17.2 Å². The summed E-state index contributed by atoms with van der Waals surface area (Å²) in [6.07, 6.45) is 4.41. The second kappa shape index (κ2) is 9.28. The quantitative estimate of drug-likeness (QED) is 0.412. The molecular formula is C11H20Ti. The molecule has 0 bridgehead atoms. The van der Waals surface area contributed by atoms with Gasteiger partial charge in [0.25, 0.3) is 0 Å². The summed E-state index contributed by atoms with van der Waals surface area (Å²) < 4.78 is 0. The zero-order valence-electron chi connectivity index (χ0n) is 9.21. The minimum atomic E-state index is 0. The largest absolute Gasteiger partial charge is 4.00 e. The van der Waals surface area contributed by atoms with Gasteiger partial charge >= 0.3 is 21.7 Å². The fourth-order valence-corrected chi connectivity index (χ4v) is 1.00. The van der Waals surface area contributed by atoms with Crippen molar-refractivity contribution in [1.29, 1.82) is 0 Å². The maximum Gasteiger partial charge on any atom is 4.00 e. The van der Waals surface area contributed by atoms with E-state index in [0.717, 1.165) is 6.42 Å². The average Bonchev–Trinajstić information content (AvgIpc) is 1.85. The van der Waals surface area contributed by atoms with Crippen LogP contribution in [-0.2, 0) is 21.7 Å². The molecule has 1 rings (SSSR count). The van der Waals surface area contributed by atoms with Crippen LogP contribution in [0, 0.1) is 28.4 Å². The summed E-state index contributed by atoms with van der Waals surface area (Å²) in [5, 5.41) is 0. The second-order valence-electron chi connectivity index (χ2n) is 2.49. The Kier molecular flexibility index (Phi) is 17.6. The van der Waals surface area contributed by atoms with E-state index in [-0.39, 0.29) is 44.0 Å². The second-order valence-corrected chi connectivity index (χ2v) is 2.49. The van der Waals surface area contributed by atoms with Crippen LogP contribution in [-0.4, -0.2) is 0 Å². The normalized spacial score (nSPS) is 13.1. The Morgan fingerprint density at radius 3 is 1.50 bits per heavy atom. The molecule has 0 nitrogen and oxygen atoms in total. The SMILES string of the molecule is CC1=[C-]C(C)=C(C)C1.[CH3-].[CH3-].[CH3-].[Ti+4]. The van der Waals surface area contributed by atoms with E-state index in [4.69, 9.17) is 0 Å². The van der Waals surface area contributed by atoms with Crippen LogP contribution in [0.3, 0.4) is 0 Å². The molecule has 0 unspecified atom stereocenters. The summed E-state index contributed by atoms with van der Waals surface area (Å²) in [6, 6.07) is 0. The molecule has 0 N–H and O–H groups in total. The zero-order valence-corrected chi connectivity index (χ0v) is 10.8. The molecule has 12 heavy (non-hydrogen) atoms. The monoisotopic (exact) mass is 200 g/mol. The molecule has 0 fully saturated rings. The fourth-order valence-electron chi connectivity index (χ4n) is 1.00. The Balaban J connectivity index is -0.0000000800. The molecule has 0 atom stereocenters. The summed E-state index contributed by atoms with van der Waals surface area (Å²) >= 11 is 0. The van der Waals surface area contributed by atoms with Gasteiger partial charge < -0.3 is 22.3 Å². The molecule has 1 aliphatic rings. The predicted molar refractivity (Wildman–Crippen MR) is 54.7 cm³/mol. The molecule has 68 valence electrons. The molecule has 0 saturated carbocycles. The molecular weight excluding hydrogens is 180 g/mol. The topological polar surface area (TPSA) is 0 Å². The van der Waals surface area contributed by atoms with Gasteiger partial charge in [0.1, 0.15) is 0 Å². The third-order valence-electron chi connectivity index (χ3n) is 1.57. The Morgan fingerprint density at radius 1 is 1.00 bits per heavy atom. The van der Waals surface area contributed by atoms with Crippen LogP contribution in [0.25, 0.3) is 0 Å². The van der Waals surface area contributed by atoms with Gasteiger partial charge in [0.15, 0.2) is 0 Å². The van der Waals surface area contributed by atoms with Gasteiger partial charge in [0, 0.05) is 0 Å². The van der Waals surface area contributed by atoms with E-state index in [1.54, 1.807) is 0 Å². The van der Waals surface area contributed by atoms with E-state index in [1.165, 1.54) is 16.7 Å². The summed E-state index contributed by atoms with van der Waals surface area (Å²) in [6.45, 7) is 6.41. The molecule has 0 aromatic rings. The summed E-state index contributed by atoms with van der Waals surface area (Å²) in [7, 11) is 0. The van der Waals surface area contributed by atoms with E-state index in [2.05, 4.69) is 26.8 Å². The van der Waals surface area contributed by atoms with Crippen LogP contribution < -0.4 is 0 Å². The van der Waals surface area contributed by atoms with E-state index in [9.17, 15) is 0 Å². The molecule has 0 aromatic carbocycles. The molecule has 1 aliphatic carbocycles. The third-order valence-corrected chi connectivity index (χ3v) is 1.57. The van der Waals surface area contributed by atoms with Gasteiger partial charge in [0.2, 0.25) is 0 Å². The fraction of sp³-hybridized carbons (Fsp3) is 0.364. The van der Waals surface area contributed by atoms with Crippen molar-refractivity contribution in [1.82, 2.24) is 0 Å². The van der Waals surface area contributed by atoms with Gasteiger partial charge in [-0.2, -0.15) is 5.57 Å². The molecule has 0 amide bonds. The van der Waals surface area contributed by atoms with Crippen molar-refractivity contribution in [2.45, 2.75) is 27.2 Å². The predicted octanol–water partition coefficient (Wildman–Crippen LogP) is 3.82. The first-order chi connectivity index (χ1) is 3.70. The molecule has 0 radical (unpaired) electrons. The van der Waals surface area contributed by atoms with Crippen LogP contribution in [0.15, 0.2) is 16.7 Å². The molecule has 0 saturated heterocycles. The van der Waals surface area contributed by atoms with E-state index < -0.39 is 0 Å². The zero-order chi connectivity index (χ0) is 6.15.